The van der Waals surface area contributed by atoms with E-state index >= 15 is 4.79 Å². The minimum absolute atomic E-state index is 0.0276. The van der Waals surface area contributed by atoms with Gasteiger partial charge in [0.05, 0.1) is 88.8 Å². The molecule has 0 spiro atoms. The van der Waals surface area contributed by atoms with Gasteiger partial charge in [-0.3, -0.25) is 24.0 Å². The molecule has 1 saturated heterocycles. The predicted octanol–water partition coefficient (Wildman–Crippen LogP) is 3.70. The van der Waals surface area contributed by atoms with Gasteiger partial charge in [0, 0.05) is 44.2 Å². The first-order chi connectivity index (χ1) is 37.7. The molecule has 79 heavy (non-hydrogen) atoms. The van der Waals surface area contributed by atoms with Gasteiger partial charge in [0.2, 0.25) is 0 Å². The van der Waals surface area contributed by atoms with Crippen molar-refractivity contribution in [2.24, 2.45) is 22.5 Å². The van der Waals surface area contributed by atoms with Crippen LogP contribution in [0.2, 0.25) is 0 Å². The Morgan fingerprint density at radius 2 is 1.29 bits per heavy atom. The molecule has 3 aromatic carbocycles. The van der Waals surface area contributed by atoms with E-state index in [1.165, 1.54) is 26.0 Å². The number of nitrogens with one attached hydrogen (secondary N) is 1. The molecule has 1 amide bonds. The first-order valence-electron chi connectivity index (χ1n) is 26.4. The van der Waals surface area contributed by atoms with Crippen molar-refractivity contribution < 1.29 is 91.1 Å². The smallest absolute Gasteiger partial charge is 0.338 e. The summed E-state index contributed by atoms with van der Waals surface area (Å²) >= 11 is 0. The quantitative estimate of drug-likeness (QED) is 0.0407. The Morgan fingerprint density at radius 1 is 0.734 bits per heavy atom. The van der Waals surface area contributed by atoms with Crippen LogP contribution in [-0.2, 0) is 71.3 Å². The fraction of sp³-hybridized carbons (Fsp3) is 0.534. The normalized spacial score (nSPS) is 27.5. The molecule has 4 aliphatic rings. The fourth-order valence-electron chi connectivity index (χ4n) is 11.6. The van der Waals surface area contributed by atoms with Crippen molar-refractivity contribution in [3.63, 3.8) is 0 Å². The number of Topliss-reactive ketones (excluding diaryl/α,β-unsaturated/α-hetero) is 1. The summed E-state index contributed by atoms with van der Waals surface area (Å²) < 4.78 is 59.3. The largest absolute Gasteiger partial charge is 0.461 e. The average Bonchev–Trinajstić information content (AvgIpc) is 3.53. The highest BCUT2D eigenvalue weighted by Crippen LogP contribution is 2.65. The number of esters is 5. The Hall–Kier alpha value is -6.43. The molecule has 5 N–H and O–H groups in total. The van der Waals surface area contributed by atoms with Gasteiger partial charge < -0.3 is 68.6 Å². The maximum absolute atomic E-state index is 16.3. The van der Waals surface area contributed by atoms with Crippen LogP contribution in [0.5, 0.6) is 0 Å². The number of nitrogens with two attached hydrogens (primary N) is 1. The van der Waals surface area contributed by atoms with Crippen molar-refractivity contribution in [2.75, 3.05) is 66.0 Å². The Kier molecular flexibility index (Phi) is 20.0. The van der Waals surface area contributed by atoms with E-state index in [0.717, 1.165) is 13.8 Å². The monoisotopic (exact) mass is 1100 g/mol. The molecular weight excluding hydrogens is 1030 g/mol. The van der Waals surface area contributed by atoms with E-state index in [0.29, 0.717) is 38.5 Å². The number of fused-ring (bicyclic) bond motifs is 5. The second-order valence-electron chi connectivity index (χ2n) is 20.8. The molecular formula is C58H72N2O19. The van der Waals surface area contributed by atoms with Gasteiger partial charge in [-0.2, -0.15) is 0 Å². The maximum Gasteiger partial charge on any atom is 0.338 e. The van der Waals surface area contributed by atoms with E-state index in [9.17, 15) is 39.0 Å². The van der Waals surface area contributed by atoms with Gasteiger partial charge in [0.15, 0.2) is 23.6 Å². The summed E-state index contributed by atoms with van der Waals surface area (Å²) in [5.41, 5.74) is -2.20. The Labute approximate surface area is 458 Å². The van der Waals surface area contributed by atoms with Crippen molar-refractivity contribution in [3.05, 3.63) is 119 Å². The molecule has 3 aromatic rings. The zero-order valence-electron chi connectivity index (χ0n) is 45.4. The molecule has 1 heterocycles. The van der Waals surface area contributed by atoms with E-state index in [1.54, 1.807) is 92.7 Å². The molecule has 3 fully saturated rings. The Balaban J connectivity index is 1.27. The predicted molar refractivity (Wildman–Crippen MR) is 279 cm³/mol. The lowest BCUT2D eigenvalue weighted by Gasteiger charge is -2.67. The van der Waals surface area contributed by atoms with Gasteiger partial charge in [-0.25, -0.2) is 9.59 Å². The van der Waals surface area contributed by atoms with Gasteiger partial charge in [-0.05, 0) is 54.8 Å². The number of hydrogen-bond acceptors (Lipinski definition) is 20. The van der Waals surface area contributed by atoms with E-state index in [-0.39, 0.29) is 68.1 Å². The molecule has 7 rings (SSSR count). The molecule has 2 bridgehead atoms. The van der Waals surface area contributed by atoms with E-state index in [2.05, 4.69) is 5.32 Å². The standard InChI is InChI=1S/C58H72N2O19/c1-35-41(76-54(68)47(64)46(38-16-10-7-11-17-38)60-52(66)39-18-12-8-13-19-39)33-58(69)51(78-53(67)40-20-14-9-15-21-40)49-56(6,50(65)48(75-36(2)61)45(35)55(58,4)5)42(32-43-57(49,34-74-43)79-37(3)62)77-44(63)22-24-70-26-28-72-30-31-73-29-27-71-25-23-59/h7-21,41-43,46-49,51,64,69H,22-34,59H2,1-6H3,(H,60,66)/t41-,42-,43+,46-,47+,48+,49?,51?,56+,57-,58+/m0/s1. The summed E-state index contributed by atoms with van der Waals surface area (Å²) in [5.74, 6) is -8.00. The lowest BCUT2D eigenvalue weighted by atomic mass is 9.44. The number of ether oxygens (including phenoxy) is 10. The van der Waals surface area contributed by atoms with Gasteiger partial charge in [0.25, 0.3) is 5.91 Å². The topological polar surface area (TPSA) is 290 Å². The summed E-state index contributed by atoms with van der Waals surface area (Å²) in [5, 5.41) is 28.8. The third kappa shape index (κ3) is 12.9. The van der Waals surface area contributed by atoms with Gasteiger partial charge in [-0.1, -0.05) is 80.6 Å². The number of carbonyl (C=O) groups is 7. The van der Waals surface area contributed by atoms with Crippen LogP contribution in [0.15, 0.2) is 102 Å². The molecule has 2 unspecified atom stereocenters. The van der Waals surface area contributed by atoms with E-state index in [4.69, 9.17) is 53.1 Å². The second-order valence-corrected chi connectivity index (χ2v) is 20.8. The number of rotatable bonds is 25. The molecule has 428 valence electrons. The van der Waals surface area contributed by atoms with Gasteiger partial charge in [0.1, 0.15) is 30.0 Å². The van der Waals surface area contributed by atoms with E-state index in [1.807, 2.05) is 0 Å². The summed E-state index contributed by atoms with van der Waals surface area (Å²) in [6.45, 7) is 10.3. The van der Waals surface area contributed by atoms with Gasteiger partial charge in [-0.15, -0.1) is 0 Å². The molecule has 11 atom stereocenters. The van der Waals surface area contributed by atoms with Crippen LogP contribution in [0, 0.1) is 16.7 Å². The van der Waals surface area contributed by atoms with Crippen molar-refractivity contribution in [3.8, 4) is 0 Å². The highest BCUT2D eigenvalue weighted by molar-refractivity contribution is 5.96. The zero-order valence-corrected chi connectivity index (χ0v) is 45.4. The van der Waals surface area contributed by atoms with Crippen LogP contribution >= 0.6 is 0 Å². The van der Waals surface area contributed by atoms with Crippen molar-refractivity contribution in [1.29, 1.82) is 0 Å². The van der Waals surface area contributed by atoms with Crippen LogP contribution in [0.1, 0.15) is 93.1 Å². The maximum atomic E-state index is 16.3. The summed E-state index contributed by atoms with van der Waals surface area (Å²) in [7, 11) is 0. The highest BCUT2D eigenvalue weighted by atomic mass is 16.6. The number of amides is 1. The number of aliphatic hydroxyl groups excluding tert-OH is 1. The highest BCUT2D eigenvalue weighted by Gasteiger charge is 2.79. The molecule has 0 aromatic heterocycles. The number of carbonyl (C=O) groups excluding carboxylic acids is 7. The lowest BCUT2D eigenvalue weighted by Crippen LogP contribution is -2.82. The molecule has 0 radical (unpaired) electrons. The van der Waals surface area contributed by atoms with Crippen LogP contribution in [0.4, 0.5) is 0 Å². The summed E-state index contributed by atoms with van der Waals surface area (Å²) in [4.78, 5) is 100.0. The van der Waals surface area contributed by atoms with Crippen LogP contribution in [0.25, 0.3) is 0 Å². The number of aliphatic hydroxyl groups is 2. The van der Waals surface area contributed by atoms with E-state index < -0.39 is 119 Å². The van der Waals surface area contributed by atoms with Crippen molar-refractivity contribution in [2.45, 2.75) is 115 Å². The number of hydrogen-bond donors (Lipinski definition) is 4. The lowest BCUT2D eigenvalue weighted by molar-refractivity contribution is -0.346. The molecule has 3 aliphatic carbocycles. The molecule has 21 nitrogen and oxygen atoms in total. The Bertz CT molecular complexity index is 2670. The average molecular weight is 1100 g/mol. The van der Waals surface area contributed by atoms with Crippen LogP contribution < -0.4 is 11.1 Å². The minimum Gasteiger partial charge on any atom is -0.461 e. The first kappa shape index (κ1) is 60.2. The summed E-state index contributed by atoms with van der Waals surface area (Å²) in [6.07, 6.45) is -11.3. The molecule has 1 aliphatic heterocycles. The summed E-state index contributed by atoms with van der Waals surface area (Å²) in [6, 6.07) is 22.8. The minimum atomic E-state index is -2.49. The fourth-order valence-corrected chi connectivity index (χ4v) is 11.6. The van der Waals surface area contributed by atoms with Crippen molar-refractivity contribution >= 4 is 41.5 Å². The van der Waals surface area contributed by atoms with Crippen LogP contribution in [0.3, 0.4) is 0 Å². The third-order valence-electron chi connectivity index (χ3n) is 15.5. The van der Waals surface area contributed by atoms with Crippen LogP contribution in [-0.4, -0.2) is 166 Å². The SMILES string of the molecule is CC(=O)O[C@H]1C(=O)[C@@]2(C)C(C(OC(=O)c3ccccc3)[C@]3(O)C[C@H](OC(=O)[C@H](O)[C@@H](NC(=O)c4ccccc4)c4ccccc4)C(C)=C1C3(C)C)[C@]1(OC(C)=O)CO[C@@H]1C[C@@H]2OC(=O)CCOCCOCCOCCOCCN. The second kappa shape index (κ2) is 26.2. The zero-order chi connectivity index (χ0) is 57.1. The first-order valence-corrected chi connectivity index (χ1v) is 26.4. The van der Waals surface area contributed by atoms with Gasteiger partial charge >= 0.3 is 29.8 Å². The molecule has 21 heteroatoms. The Morgan fingerprint density at radius 3 is 1.84 bits per heavy atom. The third-order valence-corrected chi connectivity index (χ3v) is 15.5. The molecule has 2 saturated carbocycles. The number of ketones is 1. The van der Waals surface area contributed by atoms with Crippen molar-refractivity contribution in [1.82, 2.24) is 5.32 Å². The number of benzene rings is 3.